The topological polar surface area (TPSA) is 69.1 Å². The van der Waals surface area contributed by atoms with Crippen molar-refractivity contribution in [2.45, 2.75) is 44.7 Å². The van der Waals surface area contributed by atoms with Crippen LogP contribution >= 0.6 is 0 Å². The van der Waals surface area contributed by atoms with E-state index < -0.39 is 11.7 Å². The van der Waals surface area contributed by atoms with Gasteiger partial charge in [0.2, 0.25) is 0 Å². The molecule has 3 aliphatic carbocycles. The number of hydrogen-bond donors (Lipinski definition) is 1. The van der Waals surface area contributed by atoms with E-state index in [9.17, 15) is 13.2 Å². The molecule has 144 valence electrons. The fourth-order valence-corrected chi connectivity index (χ4v) is 4.44. The van der Waals surface area contributed by atoms with Crippen LogP contribution in [0.25, 0.3) is 11.4 Å². The number of alkyl halides is 3. The molecule has 3 saturated carbocycles. The van der Waals surface area contributed by atoms with Crippen molar-refractivity contribution in [3.05, 3.63) is 29.8 Å². The third-order valence-corrected chi connectivity index (χ3v) is 6.18. The highest BCUT2D eigenvalue weighted by Crippen LogP contribution is 2.50. The first-order valence-corrected chi connectivity index (χ1v) is 9.21. The number of aliphatic imine (C=N–C) groups is 1. The number of nitrogens with zero attached hydrogens (tertiary/aromatic N) is 4. The van der Waals surface area contributed by atoms with Crippen LogP contribution in [0.1, 0.15) is 44.1 Å². The van der Waals surface area contributed by atoms with Gasteiger partial charge in [-0.1, -0.05) is 18.2 Å². The first-order chi connectivity index (χ1) is 12.8. The van der Waals surface area contributed by atoms with E-state index in [4.69, 9.17) is 5.73 Å². The van der Waals surface area contributed by atoms with E-state index in [0.717, 1.165) is 31.2 Å². The fourth-order valence-electron chi connectivity index (χ4n) is 4.44. The molecule has 3 fully saturated rings. The van der Waals surface area contributed by atoms with Crippen LogP contribution in [0.15, 0.2) is 29.3 Å². The van der Waals surface area contributed by atoms with Gasteiger partial charge in [0.05, 0.1) is 5.56 Å². The maximum Gasteiger partial charge on any atom is 0.417 e. The Bertz CT molecular complexity index is 862. The van der Waals surface area contributed by atoms with Crippen molar-refractivity contribution in [3.8, 4) is 11.4 Å². The smallest absolute Gasteiger partial charge is 0.387 e. The van der Waals surface area contributed by atoms with E-state index >= 15 is 0 Å². The standard InChI is InChI=1S/C19H22F3N5/c1-27-15(13-4-2-3-5-14(13)19(20,21)22)25-26-17(27)24-16(23)18-9-6-12(7-10-18)8-11-18/h2-5,12H,6-11H2,1H3,(H2,23,24,26). The summed E-state index contributed by atoms with van der Waals surface area (Å²) in [5.41, 5.74) is 5.50. The highest BCUT2D eigenvalue weighted by atomic mass is 19.4. The summed E-state index contributed by atoms with van der Waals surface area (Å²) in [7, 11) is 1.62. The molecule has 27 heavy (non-hydrogen) atoms. The summed E-state index contributed by atoms with van der Waals surface area (Å²) in [5.74, 6) is 1.70. The Morgan fingerprint density at radius 3 is 2.41 bits per heavy atom. The highest BCUT2D eigenvalue weighted by Gasteiger charge is 2.43. The maximum absolute atomic E-state index is 13.3. The van der Waals surface area contributed by atoms with E-state index in [-0.39, 0.29) is 22.8 Å². The quantitative estimate of drug-likeness (QED) is 0.634. The number of nitrogens with two attached hydrogens (primary N) is 1. The Hall–Kier alpha value is -2.38. The third-order valence-electron chi connectivity index (χ3n) is 6.18. The minimum atomic E-state index is -4.47. The fraction of sp³-hybridized carbons (Fsp3) is 0.526. The van der Waals surface area contributed by atoms with Crippen molar-refractivity contribution in [1.82, 2.24) is 14.8 Å². The van der Waals surface area contributed by atoms with Crippen molar-refractivity contribution in [3.63, 3.8) is 0 Å². The molecule has 0 saturated heterocycles. The molecule has 2 N–H and O–H groups in total. The summed E-state index contributed by atoms with van der Waals surface area (Å²) in [5, 5.41) is 7.97. The van der Waals surface area contributed by atoms with E-state index in [0.29, 0.717) is 5.84 Å². The molecular formula is C19H22F3N5. The van der Waals surface area contributed by atoms with E-state index in [1.165, 1.54) is 36.0 Å². The van der Waals surface area contributed by atoms with Gasteiger partial charge in [-0.2, -0.15) is 18.2 Å². The Morgan fingerprint density at radius 2 is 1.78 bits per heavy atom. The lowest BCUT2D eigenvalue weighted by Crippen LogP contribution is -2.44. The maximum atomic E-state index is 13.3. The number of amidine groups is 1. The normalized spacial score (nSPS) is 25.8. The zero-order valence-corrected chi connectivity index (χ0v) is 15.1. The molecule has 0 amide bonds. The molecule has 0 unspecified atom stereocenters. The first kappa shape index (κ1) is 18.0. The number of halogens is 3. The number of benzene rings is 1. The molecule has 2 aromatic rings. The summed E-state index contributed by atoms with van der Waals surface area (Å²) in [6, 6.07) is 5.35. The number of hydrogen-bond acceptors (Lipinski definition) is 3. The van der Waals surface area contributed by atoms with Crippen LogP contribution in [0.2, 0.25) is 0 Å². The largest absolute Gasteiger partial charge is 0.417 e. The highest BCUT2D eigenvalue weighted by molar-refractivity contribution is 5.88. The van der Waals surface area contributed by atoms with Crippen LogP contribution < -0.4 is 5.73 Å². The van der Waals surface area contributed by atoms with Crippen molar-refractivity contribution < 1.29 is 13.2 Å². The molecule has 1 aromatic carbocycles. The van der Waals surface area contributed by atoms with Gasteiger partial charge in [-0.05, 0) is 50.5 Å². The minimum Gasteiger partial charge on any atom is -0.387 e. The van der Waals surface area contributed by atoms with Crippen molar-refractivity contribution in [1.29, 1.82) is 0 Å². The van der Waals surface area contributed by atoms with Gasteiger partial charge < -0.3 is 5.73 Å². The third kappa shape index (κ3) is 3.11. The average Bonchev–Trinajstić information content (AvgIpc) is 3.03. The van der Waals surface area contributed by atoms with Gasteiger partial charge in [-0.25, -0.2) is 0 Å². The predicted molar refractivity (Wildman–Crippen MR) is 96.3 cm³/mol. The molecule has 1 heterocycles. The lowest BCUT2D eigenvalue weighted by Gasteiger charge is -2.45. The minimum absolute atomic E-state index is 0.0173. The van der Waals surface area contributed by atoms with E-state index in [2.05, 4.69) is 15.2 Å². The zero-order valence-electron chi connectivity index (χ0n) is 15.1. The SMILES string of the molecule is Cn1c(N=C(N)C23CCC(CC2)CC3)nnc1-c1ccccc1C(F)(F)F. The van der Waals surface area contributed by atoms with Crippen molar-refractivity contribution in [2.24, 2.45) is 29.1 Å². The molecule has 8 heteroatoms. The summed E-state index contributed by atoms with van der Waals surface area (Å²) in [6.07, 6.45) is 2.10. The van der Waals surface area contributed by atoms with Gasteiger partial charge in [0.25, 0.3) is 5.95 Å². The Labute approximate surface area is 155 Å². The number of fused-ring (bicyclic) bond motifs is 3. The van der Waals surface area contributed by atoms with Gasteiger partial charge in [-0.15, -0.1) is 10.2 Å². The average molecular weight is 377 g/mol. The summed E-state index contributed by atoms with van der Waals surface area (Å²) in [4.78, 5) is 4.49. The Morgan fingerprint density at radius 1 is 1.15 bits per heavy atom. The molecule has 0 spiro atoms. The van der Waals surface area contributed by atoms with Gasteiger partial charge in [-0.3, -0.25) is 4.57 Å². The predicted octanol–water partition coefficient (Wildman–Crippen LogP) is 4.46. The van der Waals surface area contributed by atoms with Crippen LogP contribution in [0.4, 0.5) is 19.1 Å². The van der Waals surface area contributed by atoms with Crippen LogP contribution in [0, 0.1) is 11.3 Å². The molecular weight excluding hydrogens is 355 g/mol. The molecule has 5 nitrogen and oxygen atoms in total. The van der Waals surface area contributed by atoms with Crippen LogP contribution in [0.3, 0.4) is 0 Å². The number of aromatic nitrogens is 3. The Balaban J connectivity index is 1.70. The van der Waals surface area contributed by atoms with Crippen LogP contribution in [0.5, 0.6) is 0 Å². The zero-order chi connectivity index (χ0) is 19.2. The molecule has 0 radical (unpaired) electrons. The lowest BCUT2D eigenvalue weighted by atomic mass is 9.60. The molecule has 5 rings (SSSR count). The molecule has 3 aliphatic rings. The monoisotopic (exact) mass is 377 g/mol. The lowest BCUT2D eigenvalue weighted by molar-refractivity contribution is -0.137. The van der Waals surface area contributed by atoms with Crippen molar-refractivity contribution in [2.75, 3.05) is 0 Å². The molecule has 0 aliphatic heterocycles. The second kappa shape index (κ2) is 6.35. The summed E-state index contributed by atoms with van der Waals surface area (Å²) >= 11 is 0. The van der Waals surface area contributed by atoms with Gasteiger partial charge >= 0.3 is 6.18 Å². The second-order valence-corrected chi connectivity index (χ2v) is 7.69. The molecule has 2 bridgehead atoms. The number of rotatable bonds is 3. The van der Waals surface area contributed by atoms with Crippen LogP contribution in [-0.2, 0) is 13.2 Å². The first-order valence-electron chi connectivity index (χ1n) is 9.21. The second-order valence-electron chi connectivity index (χ2n) is 7.69. The van der Waals surface area contributed by atoms with E-state index in [1.54, 1.807) is 13.1 Å². The van der Waals surface area contributed by atoms with Gasteiger partial charge in [0, 0.05) is 18.0 Å². The van der Waals surface area contributed by atoms with Gasteiger partial charge in [0.15, 0.2) is 5.82 Å². The van der Waals surface area contributed by atoms with Gasteiger partial charge in [0.1, 0.15) is 5.84 Å². The van der Waals surface area contributed by atoms with Crippen LogP contribution in [-0.4, -0.2) is 20.6 Å². The summed E-state index contributed by atoms with van der Waals surface area (Å²) < 4.78 is 41.4. The molecule has 0 atom stereocenters. The Kier molecular flexibility index (Phi) is 4.24. The molecule has 1 aromatic heterocycles. The summed E-state index contributed by atoms with van der Waals surface area (Å²) in [6.45, 7) is 0. The van der Waals surface area contributed by atoms with Crippen molar-refractivity contribution >= 4 is 11.8 Å². The van der Waals surface area contributed by atoms with E-state index in [1.807, 2.05) is 0 Å².